The summed E-state index contributed by atoms with van der Waals surface area (Å²) in [5.74, 6) is 1.10. The van der Waals surface area contributed by atoms with Crippen molar-refractivity contribution < 1.29 is 14.3 Å². The van der Waals surface area contributed by atoms with Crippen LogP contribution in [0, 0.1) is 13.8 Å². The number of hydrogen-bond acceptors (Lipinski definition) is 4. The third-order valence-corrected chi connectivity index (χ3v) is 2.70. The Kier molecular flexibility index (Phi) is 3.90. The second kappa shape index (κ2) is 4.99. The maximum Gasteiger partial charge on any atom is 0.180 e. The van der Waals surface area contributed by atoms with Gasteiger partial charge in [0.25, 0.3) is 0 Å². The predicted molar refractivity (Wildman–Crippen MR) is 62.4 cm³/mol. The highest BCUT2D eigenvalue weighted by Crippen LogP contribution is 2.33. The van der Waals surface area contributed by atoms with E-state index in [0.717, 1.165) is 11.1 Å². The summed E-state index contributed by atoms with van der Waals surface area (Å²) in [5.41, 5.74) is 7.71. The molecule has 88 valence electrons. The molecular weight excluding hydrogens is 206 g/mol. The van der Waals surface area contributed by atoms with Crippen LogP contribution in [0.1, 0.15) is 21.5 Å². The van der Waals surface area contributed by atoms with E-state index in [0.29, 0.717) is 17.1 Å². The van der Waals surface area contributed by atoms with Gasteiger partial charge in [-0.15, -0.1) is 0 Å². The molecule has 4 nitrogen and oxygen atoms in total. The number of hydrogen-bond donors (Lipinski definition) is 1. The van der Waals surface area contributed by atoms with Crippen molar-refractivity contribution >= 4 is 5.78 Å². The summed E-state index contributed by atoms with van der Waals surface area (Å²) in [7, 11) is 3.12. The molecule has 0 unspecified atom stereocenters. The van der Waals surface area contributed by atoms with Gasteiger partial charge in [-0.3, -0.25) is 4.79 Å². The van der Waals surface area contributed by atoms with Gasteiger partial charge in [-0.2, -0.15) is 0 Å². The highest BCUT2D eigenvalue weighted by Gasteiger charge is 2.17. The second-order valence-electron chi connectivity index (χ2n) is 3.54. The standard InChI is InChI=1S/C12H17NO3/c1-7-8(2)12(16-4)9(10(14)6-13)5-11(7)15-3/h5H,6,13H2,1-4H3. The lowest BCUT2D eigenvalue weighted by atomic mass is 10.0. The average molecular weight is 223 g/mol. The smallest absolute Gasteiger partial charge is 0.180 e. The number of nitrogens with two attached hydrogens (primary N) is 1. The highest BCUT2D eigenvalue weighted by atomic mass is 16.5. The molecular formula is C12H17NO3. The third-order valence-electron chi connectivity index (χ3n) is 2.70. The van der Waals surface area contributed by atoms with Gasteiger partial charge in [0.05, 0.1) is 26.3 Å². The Bertz CT molecular complexity index is 413. The molecule has 16 heavy (non-hydrogen) atoms. The number of ether oxygens (including phenoxy) is 2. The minimum atomic E-state index is -0.154. The van der Waals surface area contributed by atoms with E-state index in [1.807, 2.05) is 13.8 Å². The first-order chi connectivity index (χ1) is 7.56. The molecule has 0 fully saturated rings. The average Bonchev–Trinajstić information content (AvgIpc) is 2.31. The molecule has 0 amide bonds. The molecule has 0 aromatic heterocycles. The van der Waals surface area contributed by atoms with Gasteiger partial charge in [-0.25, -0.2) is 0 Å². The number of ketones is 1. The quantitative estimate of drug-likeness (QED) is 0.785. The molecule has 1 rings (SSSR count). The molecule has 0 atom stereocenters. The minimum Gasteiger partial charge on any atom is -0.496 e. The summed E-state index contributed by atoms with van der Waals surface area (Å²) >= 11 is 0. The van der Waals surface area contributed by atoms with E-state index in [4.69, 9.17) is 15.2 Å². The summed E-state index contributed by atoms with van der Waals surface area (Å²) < 4.78 is 10.5. The molecule has 2 N–H and O–H groups in total. The van der Waals surface area contributed by atoms with Gasteiger partial charge in [-0.1, -0.05) is 0 Å². The van der Waals surface area contributed by atoms with E-state index in [1.54, 1.807) is 20.3 Å². The zero-order valence-electron chi connectivity index (χ0n) is 10.1. The maximum atomic E-state index is 11.7. The van der Waals surface area contributed by atoms with Crippen molar-refractivity contribution in [1.29, 1.82) is 0 Å². The lowest BCUT2D eigenvalue weighted by molar-refractivity contribution is 0.0998. The Labute approximate surface area is 95.3 Å². The number of methoxy groups -OCH3 is 2. The van der Waals surface area contributed by atoms with Crippen molar-refractivity contribution in [2.24, 2.45) is 5.73 Å². The molecule has 0 bridgehead atoms. The van der Waals surface area contributed by atoms with Gasteiger partial charge in [-0.05, 0) is 31.0 Å². The van der Waals surface area contributed by atoms with E-state index in [-0.39, 0.29) is 12.3 Å². The van der Waals surface area contributed by atoms with E-state index in [9.17, 15) is 4.79 Å². The summed E-state index contributed by atoms with van der Waals surface area (Å²) in [5, 5.41) is 0. The van der Waals surface area contributed by atoms with Gasteiger partial charge >= 0.3 is 0 Å². The Morgan fingerprint density at radius 2 is 1.88 bits per heavy atom. The number of benzene rings is 1. The lowest BCUT2D eigenvalue weighted by Gasteiger charge is -2.15. The third kappa shape index (κ3) is 2.02. The largest absolute Gasteiger partial charge is 0.496 e. The molecule has 0 saturated heterocycles. The van der Waals surface area contributed by atoms with Crippen molar-refractivity contribution in [2.75, 3.05) is 20.8 Å². The van der Waals surface area contributed by atoms with Crippen LogP contribution in [0.25, 0.3) is 0 Å². The monoisotopic (exact) mass is 223 g/mol. The number of carbonyl (C=O) groups excluding carboxylic acids is 1. The van der Waals surface area contributed by atoms with Gasteiger partial charge in [0.2, 0.25) is 0 Å². The zero-order chi connectivity index (χ0) is 12.3. The summed E-state index contributed by atoms with van der Waals surface area (Å²) in [4.78, 5) is 11.7. The van der Waals surface area contributed by atoms with Crippen LogP contribution >= 0.6 is 0 Å². The van der Waals surface area contributed by atoms with Crippen LogP contribution in [0.3, 0.4) is 0 Å². The summed E-state index contributed by atoms with van der Waals surface area (Å²) in [6, 6.07) is 1.68. The molecule has 0 saturated carbocycles. The van der Waals surface area contributed by atoms with Crippen molar-refractivity contribution in [1.82, 2.24) is 0 Å². The first-order valence-corrected chi connectivity index (χ1v) is 5.02. The number of carbonyl (C=O) groups is 1. The Morgan fingerprint density at radius 1 is 1.25 bits per heavy atom. The molecule has 1 aromatic carbocycles. The minimum absolute atomic E-state index is 0.0397. The molecule has 0 aliphatic rings. The first-order valence-electron chi connectivity index (χ1n) is 5.02. The molecule has 0 spiro atoms. The van der Waals surface area contributed by atoms with Crippen molar-refractivity contribution in [3.63, 3.8) is 0 Å². The summed E-state index contributed by atoms with van der Waals surface area (Å²) in [6.07, 6.45) is 0. The van der Waals surface area contributed by atoms with Crippen molar-refractivity contribution in [3.05, 3.63) is 22.8 Å². The van der Waals surface area contributed by atoms with E-state index < -0.39 is 0 Å². The van der Waals surface area contributed by atoms with Gasteiger partial charge < -0.3 is 15.2 Å². The van der Waals surface area contributed by atoms with E-state index in [1.165, 1.54) is 0 Å². The fourth-order valence-electron chi connectivity index (χ4n) is 1.65. The first kappa shape index (κ1) is 12.5. The van der Waals surface area contributed by atoms with Crippen LogP contribution in [0.2, 0.25) is 0 Å². The van der Waals surface area contributed by atoms with Crippen LogP contribution in [-0.2, 0) is 0 Å². The molecule has 0 aliphatic carbocycles. The predicted octanol–water partition coefficient (Wildman–Crippen LogP) is 1.46. The van der Waals surface area contributed by atoms with Crippen molar-refractivity contribution in [2.45, 2.75) is 13.8 Å². The van der Waals surface area contributed by atoms with Crippen LogP contribution in [0.4, 0.5) is 0 Å². The van der Waals surface area contributed by atoms with E-state index in [2.05, 4.69) is 0 Å². The van der Waals surface area contributed by atoms with Gasteiger partial charge in [0.15, 0.2) is 5.78 Å². The fourth-order valence-corrected chi connectivity index (χ4v) is 1.65. The number of Topliss-reactive ketones (excluding diaryl/α,β-unsaturated/α-hetero) is 1. The SMILES string of the molecule is COc1cc(C(=O)CN)c(OC)c(C)c1C. The normalized spacial score (nSPS) is 10.1. The van der Waals surface area contributed by atoms with Crippen LogP contribution < -0.4 is 15.2 Å². The molecule has 4 heteroatoms. The molecule has 0 aliphatic heterocycles. The van der Waals surface area contributed by atoms with Crippen molar-refractivity contribution in [3.8, 4) is 11.5 Å². The van der Waals surface area contributed by atoms with Gasteiger partial charge in [0.1, 0.15) is 11.5 Å². The summed E-state index contributed by atoms with van der Waals surface area (Å²) in [6.45, 7) is 3.78. The maximum absolute atomic E-state index is 11.7. The highest BCUT2D eigenvalue weighted by molar-refractivity contribution is 6.01. The Hall–Kier alpha value is -1.55. The molecule has 0 radical (unpaired) electrons. The van der Waals surface area contributed by atoms with Crippen LogP contribution in [0.5, 0.6) is 11.5 Å². The zero-order valence-corrected chi connectivity index (χ0v) is 10.1. The molecule has 0 heterocycles. The lowest BCUT2D eigenvalue weighted by Crippen LogP contribution is -2.15. The van der Waals surface area contributed by atoms with E-state index >= 15 is 0 Å². The Morgan fingerprint density at radius 3 is 2.31 bits per heavy atom. The van der Waals surface area contributed by atoms with Crippen LogP contribution in [-0.4, -0.2) is 26.5 Å². The fraction of sp³-hybridized carbons (Fsp3) is 0.417. The second-order valence-corrected chi connectivity index (χ2v) is 3.54. The molecule has 1 aromatic rings. The Balaban J connectivity index is 3.47. The topological polar surface area (TPSA) is 61.5 Å². The number of rotatable bonds is 4. The van der Waals surface area contributed by atoms with Gasteiger partial charge in [0, 0.05) is 0 Å². The van der Waals surface area contributed by atoms with Crippen LogP contribution in [0.15, 0.2) is 6.07 Å².